The Hall–Kier alpha value is -5.16. The molecule has 1 atom stereocenters. The number of hydrogen-bond donors (Lipinski definition) is 2. The number of pyridine rings is 1. The van der Waals surface area contributed by atoms with E-state index in [9.17, 15) is 18.0 Å². The molecular weight excluding hydrogens is 604 g/mol. The number of nitrogens with zero attached hydrogens (tertiary/aromatic N) is 2. The second-order valence-electron chi connectivity index (χ2n) is 10.9. The van der Waals surface area contributed by atoms with Crippen LogP contribution in [0.3, 0.4) is 0 Å². The minimum atomic E-state index is -4.10. The maximum absolute atomic E-state index is 13.7. The van der Waals surface area contributed by atoms with Crippen molar-refractivity contribution in [3.05, 3.63) is 114 Å². The first-order valence-corrected chi connectivity index (χ1v) is 16.3. The van der Waals surface area contributed by atoms with E-state index in [-0.39, 0.29) is 34.9 Å². The van der Waals surface area contributed by atoms with E-state index in [2.05, 4.69) is 15.0 Å². The lowest BCUT2D eigenvalue weighted by Gasteiger charge is -2.34. The van der Waals surface area contributed by atoms with Crippen molar-refractivity contribution in [3.8, 4) is 11.5 Å². The average molecular weight is 641 g/mol. The quantitative estimate of drug-likeness (QED) is 0.204. The van der Waals surface area contributed by atoms with E-state index in [1.165, 1.54) is 31.5 Å². The summed E-state index contributed by atoms with van der Waals surface area (Å²) in [6, 6.07) is 20.8. The van der Waals surface area contributed by atoms with Crippen LogP contribution in [0.4, 0.5) is 11.4 Å². The summed E-state index contributed by atoms with van der Waals surface area (Å²) in [5.74, 6) is 0.420. The Labute approximate surface area is 269 Å². The van der Waals surface area contributed by atoms with Gasteiger partial charge in [0.25, 0.3) is 10.0 Å². The number of aromatic nitrogens is 1. The van der Waals surface area contributed by atoms with Gasteiger partial charge in [0.05, 0.1) is 38.6 Å². The van der Waals surface area contributed by atoms with Gasteiger partial charge < -0.3 is 19.7 Å². The number of anilines is 2. The number of likely N-dealkylation sites (N-methyl/N-ethyl adjacent to an activating group) is 1. The van der Waals surface area contributed by atoms with Gasteiger partial charge >= 0.3 is 0 Å². The summed E-state index contributed by atoms with van der Waals surface area (Å²) in [6.45, 7) is 0. The molecule has 0 bridgehead atoms. The fraction of sp³-hybridized carbons (Fsp3) is 0.229. The van der Waals surface area contributed by atoms with Gasteiger partial charge in [0.1, 0.15) is 16.4 Å². The number of sulfonamides is 1. The normalized spacial score (nSPS) is 14.3. The maximum atomic E-state index is 13.7. The van der Waals surface area contributed by atoms with Gasteiger partial charge in [-0.15, -0.1) is 0 Å². The number of methoxy groups -OCH3 is 2. The van der Waals surface area contributed by atoms with Crippen molar-refractivity contribution in [1.29, 1.82) is 0 Å². The number of carbonyl (C=O) groups excluding carboxylic acids is 2. The highest BCUT2D eigenvalue weighted by Crippen LogP contribution is 2.36. The number of rotatable bonds is 11. The van der Waals surface area contributed by atoms with Gasteiger partial charge in [0, 0.05) is 25.0 Å². The molecule has 10 nitrogen and oxygen atoms in total. The van der Waals surface area contributed by atoms with Crippen molar-refractivity contribution in [3.63, 3.8) is 0 Å². The van der Waals surface area contributed by atoms with Crippen molar-refractivity contribution in [2.75, 3.05) is 31.3 Å². The standard InChI is InChI=1S/C35H36N4O6S/c1-39(35(41)21-25-7-4-10-29(19-25)44-2)31-11-5-8-26-14-15-27(22-30(26)31)38-46(42,43)33-20-24(12-16-32(33)45-3)13-17-34(40)37-28-9-6-18-36-23-28/h4,6-7,9-10,12-20,22-23,31,38H,5,8,11,21H2,1-3H3,(H,37,40)/b17-13+. The molecule has 5 rings (SSSR count). The largest absolute Gasteiger partial charge is 0.497 e. The first-order chi connectivity index (χ1) is 22.2. The third kappa shape index (κ3) is 7.73. The lowest BCUT2D eigenvalue weighted by molar-refractivity contribution is -0.131. The second-order valence-corrected chi connectivity index (χ2v) is 12.6. The molecule has 1 aliphatic carbocycles. The SMILES string of the molecule is COc1cccc(CC(=O)N(C)C2CCCc3ccc(NS(=O)(=O)c4cc(/C=C/C(=O)Nc5cccnc5)ccc4OC)cc32)c1. The summed E-state index contributed by atoms with van der Waals surface area (Å²) in [4.78, 5) is 31.3. The smallest absolute Gasteiger partial charge is 0.265 e. The number of aryl methyl sites for hydroxylation is 1. The molecule has 0 saturated heterocycles. The number of nitrogens with one attached hydrogen (secondary N) is 2. The monoisotopic (exact) mass is 640 g/mol. The molecule has 1 heterocycles. The summed E-state index contributed by atoms with van der Waals surface area (Å²) < 4.78 is 40.7. The van der Waals surface area contributed by atoms with Crippen LogP contribution in [0.25, 0.3) is 6.08 Å². The molecule has 1 aliphatic rings. The Balaban J connectivity index is 1.34. The molecule has 0 radical (unpaired) electrons. The highest BCUT2D eigenvalue weighted by atomic mass is 32.2. The lowest BCUT2D eigenvalue weighted by atomic mass is 9.86. The van der Waals surface area contributed by atoms with E-state index in [1.54, 1.807) is 55.6 Å². The number of amides is 2. The predicted molar refractivity (Wildman–Crippen MR) is 177 cm³/mol. The Bertz CT molecular complexity index is 1860. The van der Waals surface area contributed by atoms with Crippen LogP contribution in [0.1, 0.15) is 41.1 Å². The highest BCUT2D eigenvalue weighted by Gasteiger charge is 2.28. The van der Waals surface area contributed by atoms with Crippen LogP contribution >= 0.6 is 0 Å². The lowest BCUT2D eigenvalue weighted by Crippen LogP contribution is -2.34. The van der Waals surface area contributed by atoms with Gasteiger partial charge in [-0.3, -0.25) is 19.3 Å². The molecule has 46 heavy (non-hydrogen) atoms. The Morgan fingerprint density at radius 1 is 1.00 bits per heavy atom. The molecule has 11 heteroatoms. The van der Waals surface area contributed by atoms with Crippen molar-refractivity contribution in [1.82, 2.24) is 9.88 Å². The van der Waals surface area contributed by atoms with Crippen LogP contribution in [0.2, 0.25) is 0 Å². The van der Waals surface area contributed by atoms with Gasteiger partial charge in [-0.05, 0) is 96.1 Å². The van der Waals surface area contributed by atoms with Gasteiger partial charge in [-0.2, -0.15) is 0 Å². The van der Waals surface area contributed by atoms with Crippen LogP contribution in [-0.4, -0.2) is 51.4 Å². The van der Waals surface area contributed by atoms with Crippen molar-refractivity contribution in [2.24, 2.45) is 0 Å². The summed E-state index contributed by atoms with van der Waals surface area (Å²) in [7, 11) is 0.675. The third-order valence-electron chi connectivity index (χ3n) is 7.86. The molecule has 3 aromatic carbocycles. The van der Waals surface area contributed by atoms with Crippen LogP contribution in [0.15, 0.2) is 96.2 Å². The Morgan fingerprint density at radius 2 is 1.85 bits per heavy atom. The number of hydrogen-bond acceptors (Lipinski definition) is 7. The van der Waals surface area contributed by atoms with E-state index in [1.807, 2.05) is 36.4 Å². The first kappa shape index (κ1) is 32.2. The molecule has 0 fully saturated rings. The zero-order valence-corrected chi connectivity index (χ0v) is 26.7. The zero-order valence-electron chi connectivity index (χ0n) is 25.9. The molecule has 0 aliphatic heterocycles. The Kier molecular flexibility index (Phi) is 10.0. The van der Waals surface area contributed by atoms with Gasteiger partial charge in [-0.25, -0.2) is 8.42 Å². The molecule has 2 N–H and O–H groups in total. The number of fused-ring (bicyclic) bond motifs is 1. The molecule has 2 amide bonds. The van der Waals surface area contributed by atoms with E-state index in [0.29, 0.717) is 22.7 Å². The minimum absolute atomic E-state index is 0.0409. The molecule has 0 spiro atoms. The fourth-order valence-electron chi connectivity index (χ4n) is 5.51. The van der Waals surface area contributed by atoms with E-state index >= 15 is 0 Å². The minimum Gasteiger partial charge on any atom is -0.497 e. The summed E-state index contributed by atoms with van der Waals surface area (Å²) in [6.07, 6.45) is 8.70. The van der Waals surface area contributed by atoms with Gasteiger partial charge in [-0.1, -0.05) is 24.3 Å². The van der Waals surface area contributed by atoms with E-state index < -0.39 is 10.0 Å². The van der Waals surface area contributed by atoms with Crippen LogP contribution in [-0.2, 0) is 32.5 Å². The molecule has 0 saturated carbocycles. The number of benzene rings is 3. The van der Waals surface area contributed by atoms with Crippen molar-refractivity contribution < 1.29 is 27.5 Å². The number of carbonyl (C=O) groups is 2. The summed E-state index contributed by atoms with van der Waals surface area (Å²) in [5.41, 5.74) is 4.25. The molecular formula is C35H36N4O6S. The topological polar surface area (TPSA) is 127 Å². The van der Waals surface area contributed by atoms with Crippen molar-refractivity contribution in [2.45, 2.75) is 36.6 Å². The first-order valence-electron chi connectivity index (χ1n) is 14.8. The van der Waals surface area contributed by atoms with E-state index in [4.69, 9.17) is 9.47 Å². The maximum Gasteiger partial charge on any atom is 0.265 e. The van der Waals surface area contributed by atoms with Gasteiger partial charge in [0.15, 0.2) is 0 Å². The number of ether oxygens (including phenoxy) is 2. The zero-order chi connectivity index (χ0) is 32.7. The highest BCUT2D eigenvalue weighted by molar-refractivity contribution is 7.92. The molecule has 4 aromatic rings. The molecule has 1 unspecified atom stereocenters. The predicted octanol–water partition coefficient (Wildman–Crippen LogP) is 5.63. The molecule has 1 aromatic heterocycles. The second kappa shape index (κ2) is 14.3. The van der Waals surface area contributed by atoms with E-state index in [0.717, 1.165) is 36.0 Å². The summed E-state index contributed by atoms with van der Waals surface area (Å²) in [5, 5.41) is 2.70. The third-order valence-corrected chi connectivity index (χ3v) is 9.27. The van der Waals surface area contributed by atoms with Crippen LogP contribution in [0.5, 0.6) is 11.5 Å². The Morgan fingerprint density at radius 3 is 2.61 bits per heavy atom. The van der Waals surface area contributed by atoms with Gasteiger partial charge in [0.2, 0.25) is 11.8 Å². The average Bonchev–Trinajstić information content (AvgIpc) is 3.07. The van der Waals surface area contributed by atoms with Crippen LogP contribution in [0, 0.1) is 0 Å². The van der Waals surface area contributed by atoms with Crippen LogP contribution < -0.4 is 19.5 Å². The fourth-order valence-corrected chi connectivity index (χ4v) is 6.76. The summed E-state index contributed by atoms with van der Waals surface area (Å²) >= 11 is 0. The molecule has 238 valence electrons. The van der Waals surface area contributed by atoms with Crippen molar-refractivity contribution >= 4 is 39.3 Å².